The molecule has 6 N–H and O–H groups in total. The third-order valence-corrected chi connectivity index (χ3v) is 12.6. The van der Waals surface area contributed by atoms with Crippen molar-refractivity contribution in [3.8, 4) is 0 Å². The number of carbonyl (C=O) groups is 3. The van der Waals surface area contributed by atoms with Crippen LogP contribution in [0.5, 0.6) is 0 Å². The fraction of sp³-hybridized carbons (Fsp3) is 0.264. The van der Waals surface area contributed by atoms with Crippen molar-refractivity contribution in [1.82, 2.24) is 16.0 Å². The van der Waals surface area contributed by atoms with Crippen molar-refractivity contribution in [3.63, 3.8) is 0 Å². The predicted octanol–water partition coefficient (Wildman–Crippen LogP) is 11.1. The van der Waals surface area contributed by atoms with E-state index in [1.807, 2.05) is 48.5 Å². The number of amides is 3. The van der Waals surface area contributed by atoms with Gasteiger partial charge in [-0.2, -0.15) is 0 Å². The number of halogens is 3. The summed E-state index contributed by atoms with van der Waals surface area (Å²) < 4.78 is 0. The van der Waals surface area contributed by atoms with E-state index in [1.54, 1.807) is 72.8 Å². The summed E-state index contributed by atoms with van der Waals surface area (Å²) in [5.41, 5.74) is 8.09. The molecular formula is C53H56Cl3N7O3. The lowest BCUT2D eigenvalue weighted by Gasteiger charge is -2.29. The molecule has 0 bridgehead atoms. The fourth-order valence-electron chi connectivity index (χ4n) is 8.06. The highest BCUT2D eigenvalue weighted by molar-refractivity contribution is 6.31. The first-order valence-electron chi connectivity index (χ1n) is 22.5. The quantitative estimate of drug-likeness (QED) is 0.0852. The van der Waals surface area contributed by atoms with Crippen LogP contribution in [0.2, 0.25) is 15.1 Å². The van der Waals surface area contributed by atoms with Crippen LogP contribution in [0.15, 0.2) is 146 Å². The second kappa shape index (κ2) is 24.7. The summed E-state index contributed by atoms with van der Waals surface area (Å²) in [6, 6.07) is 44.9. The van der Waals surface area contributed by atoms with Gasteiger partial charge in [-0.1, -0.05) is 59.1 Å². The molecule has 13 heteroatoms. The van der Waals surface area contributed by atoms with E-state index in [2.05, 4.69) is 61.1 Å². The Morgan fingerprint density at radius 2 is 0.803 bits per heavy atom. The minimum Gasteiger partial charge on any atom is -0.369 e. The Hall–Kier alpha value is -5.72. The van der Waals surface area contributed by atoms with Crippen molar-refractivity contribution < 1.29 is 14.4 Å². The number of benzene rings is 6. The Balaban J connectivity index is 0.000000147. The molecule has 0 aromatic heterocycles. The van der Waals surface area contributed by atoms with E-state index in [0.717, 1.165) is 69.4 Å². The standard InChI is InChI=1S/2C18H19ClN2O.C17H18ClN3O/c19-16-5-1-15(2-6-16)18(22)21-17-7-3-13(4-8-17)14-9-11-20-12-10-14;19-16-7-3-14(4-8-16)18(22)21-17-9-5-13(6-10-17)15-2-1-11-20-12-15;18-14-3-1-13(2-4-14)17(22)20-15-5-7-16(8-6-15)21-11-9-19-10-12-21/h1-8,14,20H,9-12H2,(H,21,22);3-10,15,20H,1-2,11-12H2,(H,21,22);1-8,19H,9-12H2,(H,20,22). The number of nitrogens with zero attached hydrogens (tertiary/aromatic N) is 1. The molecule has 6 aromatic rings. The van der Waals surface area contributed by atoms with Crippen molar-refractivity contribution in [2.45, 2.75) is 37.5 Å². The molecule has 0 spiro atoms. The van der Waals surface area contributed by atoms with Crippen LogP contribution in [0.3, 0.4) is 0 Å². The Kier molecular flexibility index (Phi) is 18.0. The molecule has 3 fully saturated rings. The Morgan fingerprint density at radius 1 is 0.424 bits per heavy atom. The average Bonchev–Trinajstić information content (AvgIpc) is 3.36. The third kappa shape index (κ3) is 14.6. The van der Waals surface area contributed by atoms with Crippen LogP contribution in [0.25, 0.3) is 0 Å². The lowest BCUT2D eigenvalue weighted by atomic mass is 9.90. The van der Waals surface area contributed by atoms with Crippen LogP contribution in [-0.4, -0.2) is 70.1 Å². The summed E-state index contributed by atoms with van der Waals surface area (Å²) in [6.07, 6.45) is 4.80. The van der Waals surface area contributed by atoms with E-state index in [1.165, 1.54) is 42.5 Å². The van der Waals surface area contributed by atoms with Gasteiger partial charge in [-0.3, -0.25) is 14.4 Å². The topological polar surface area (TPSA) is 127 Å². The maximum Gasteiger partial charge on any atom is 0.255 e. The Labute approximate surface area is 402 Å². The maximum atomic E-state index is 12.1. The van der Waals surface area contributed by atoms with Gasteiger partial charge in [0, 0.05) is 87.2 Å². The molecule has 0 aliphatic carbocycles. The van der Waals surface area contributed by atoms with Crippen LogP contribution in [0, 0.1) is 0 Å². The maximum absolute atomic E-state index is 12.1. The number of rotatable bonds is 9. The molecule has 342 valence electrons. The smallest absolute Gasteiger partial charge is 0.255 e. The minimum atomic E-state index is -0.133. The van der Waals surface area contributed by atoms with Gasteiger partial charge >= 0.3 is 0 Å². The third-order valence-electron chi connectivity index (χ3n) is 11.8. The van der Waals surface area contributed by atoms with Crippen molar-refractivity contribution in [2.75, 3.05) is 73.2 Å². The number of hydrogen-bond donors (Lipinski definition) is 6. The van der Waals surface area contributed by atoms with E-state index >= 15 is 0 Å². The molecule has 66 heavy (non-hydrogen) atoms. The van der Waals surface area contributed by atoms with Crippen LogP contribution < -0.4 is 36.8 Å². The molecule has 1 unspecified atom stereocenters. The molecule has 6 aromatic carbocycles. The number of nitrogens with one attached hydrogen (secondary N) is 6. The number of carbonyl (C=O) groups excluding carboxylic acids is 3. The summed E-state index contributed by atoms with van der Waals surface area (Å²) >= 11 is 17.5. The molecule has 3 aliphatic heterocycles. The predicted molar refractivity (Wildman–Crippen MR) is 272 cm³/mol. The van der Waals surface area contributed by atoms with E-state index in [-0.39, 0.29) is 17.7 Å². The van der Waals surface area contributed by atoms with E-state index < -0.39 is 0 Å². The van der Waals surface area contributed by atoms with E-state index in [4.69, 9.17) is 34.8 Å². The first-order valence-corrected chi connectivity index (χ1v) is 23.7. The first-order chi connectivity index (χ1) is 32.2. The zero-order chi connectivity index (χ0) is 46.1. The van der Waals surface area contributed by atoms with Gasteiger partial charge in [0.2, 0.25) is 0 Å². The van der Waals surface area contributed by atoms with Crippen molar-refractivity contribution in [1.29, 1.82) is 0 Å². The summed E-state index contributed by atoms with van der Waals surface area (Å²) in [6.45, 7) is 8.36. The highest BCUT2D eigenvalue weighted by Crippen LogP contribution is 2.27. The summed E-state index contributed by atoms with van der Waals surface area (Å²) in [7, 11) is 0. The van der Waals surface area contributed by atoms with E-state index in [0.29, 0.717) is 43.6 Å². The van der Waals surface area contributed by atoms with Gasteiger partial charge in [0.15, 0.2) is 0 Å². The zero-order valence-electron chi connectivity index (χ0n) is 36.8. The lowest BCUT2D eigenvalue weighted by Crippen LogP contribution is -2.43. The average molecular weight is 945 g/mol. The van der Waals surface area contributed by atoms with Crippen molar-refractivity contribution >= 4 is 75.3 Å². The zero-order valence-corrected chi connectivity index (χ0v) is 39.1. The molecule has 3 amide bonds. The molecular weight excluding hydrogens is 889 g/mol. The summed E-state index contributed by atoms with van der Waals surface area (Å²) in [5.74, 6) is 0.832. The van der Waals surface area contributed by atoms with Crippen molar-refractivity contribution in [3.05, 3.63) is 188 Å². The molecule has 0 radical (unpaired) electrons. The van der Waals surface area contributed by atoms with Gasteiger partial charge in [0.1, 0.15) is 0 Å². The second-order valence-corrected chi connectivity index (χ2v) is 17.8. The summed E-state index contributed by atoms with van der Waals surface area (Å²) in [4.78, 5) is 38.8. The second-order valence-electron chi connectivity index (χ2n) is 16.5. The fourth-order valence-corrected chi connectivity index (χ4v) is 8.44. The highest BCUT2D eigenvalue weighted by Gasteiger charge is 2.17. The molecule has 9 rings (SSSR count). The van der Waals surface area contributed by atoms with Crippen LogP contribution in [-0.2, 0) is 0 Å². The molecule has 3 saturated heterocycles. The van der Waals surface area contributed by atoms with E-state index in [9.17, 15) is 14.4 Å². The van der Waals surface area contributed by atoms with Gasteiger partial charge < -0.3 is 36.8 Å². The molecule has 10 nitrogen and oxygen atoms in total. The van der Waals surface area contributed by atoms with Gasteiger partial charge in [0.05, 0.1) is 0 Å². The lowest BCUT2D eigenvalue weighted by molar-refractivity contribution is 0.101. The van der Waals surface area contributed by atoms with Crippen LogP contribution in [0.1, 0.15) is 79.7 Å². The van der Waals surface area contributed by atoms with Gasteiger partial charge in [-0.05, 0) is 190 Å². The Morgan fingerprint density at radius 3 is 1.20 bits per heavy atom. The Bertz CT molecular complexity index is 2170. The highest BCUT2D eigenvalue weighted by atomic mass is 35.5. The van der Waals surface area contributed by atoms with Gasteiger partial charge in [0.25, 0.3) is 17.7 Å². The number of anilines is 4. The minimum absolute atomic E-state index is 0.119. The van der Waals surface area contributed by atoms with Gasteiger partial charge in [-0.25, -0.2) is 0 Å². The normalized spacial score (nSPS) is 16.0. The van der Waals surface area contributed by atoms with Crippen LogP contribution >= 0.6 is 34.8 Å². The van der Waals surface area contributed by atoms with Crippen molar-refractivity contribution in [2.24, 2.45) is 0 Å². The SMILES string of the molecule is O=C(Nc1ccc(C2CCCNC2)cc1)c1ccc(Cl)cc1.O=C(Nc1ccc(C2CCNCC2)cc1)c1ccc(Cl)cc1.O=C(Nc1ccc(N2CCNCC2)cc1)c1ccc(Cl)cc1. The largest absolute Gasteiger partial charge is 0.369 e. The molecule has 3 aliphatic rings. The first kappa shape index (κ1) is 48.2. The molecule has 1 atom stereocenters. The number of hydrogen-bond acceptors (Lipinski definition) is 7. The summed E-state index contributed by atoms with van der Waals surface area (Å²) in [5, 5.41) is 20.7. The molecule has 3 heterocycles. The number of piperidine rings is 2. The molecule has 0 saturated carbocycles. The van der Waals surface area contributed by atoms with Crippen LogP contribution in [0.4, 0.5) is 22.7 Å². The monoisotopic (exact) mass is 943 g/mol. The van der Waals surface area contributed by atoms with Gasteiger partial charge in [-0.15, -0.1) is 0 Å². The number of piperazine rings is 1.